The van der Waals surface area contributed by atoms with Crippen LogP contribution in [0.3, 0.4) is 0 Å². The number of nitrogens with zero attached hydrogens (tertiary/aromatic N) is 1. The summed E-state index contributed by atoms with van der Waals surface area (Å²) >= 11 is 1.78. The standard InChI is InChI=1S/C11H15N3S/c1-2-5-12-11(9-7-13-14-8-9)10-4-3-6-15-10/h3-4,6-8,11-12H,2,5H2,1H3,(H,13,14). The lowest BCUT2D eigenvalue weighted by Gasteiger charge is -2.15. The molecule has 3 nitrogen and oxygen atoms in total. The Morgan fingerprint density at radius 3 is 3.13 bits per heavy atom. The summed E-state index contributed by atoms with van der Waals surface area (Å²) in [4.78, 5) is 1.34. The Morgan fingerprint density at radius 1 is 1.60 bits per heavy atom. The Hall–Kier alpha value is -1.13. The topological polar surface area (TPSA) is 40.7 Å². The van der Waals surface area contributed by atoms with Crippen molar-refractivity contribution in [3.05, 3.63) is 40.3 Å². The van der Waals surface area contributed by atoms with Gasteiger partial charge in [-0.1, -0.05) is 13.0 Å². The number of thiophene rings is 1. The Balaban J connectivity index is 2.17. The third-order valence-electron chi connectivity index (χ3n) is 2.28. The van der Waals surface area contributed by atoms with Gasteiger partial charge in [0.2, 0.25) is 0 Å². The van der Waals surface area contributed by atoms with E-state index >= 15 is 0 Å². The fourth-order valence-corrected chi connectivity index (χ4v) is 2.37. The average Bonchev–Trinajstić information content (AvgIpc) is 2.90. The predicted octanol–water partition coefficient (Wildman–Crippen LogP) is 2.56. The van der Waals surface area contributed by atoms with Gasteiger partial charge in [-0.2, -0.15) is 5.10 Å². The fourth-order valence-electron chi connectivity index (χ4n) is 1.55. The van der Waals surface area contributed by atoms with Gasteiger partial charge >= 0.3 is 0 Å². The monoisotopic (exact) mass is 221 g/mol. The van der Waals surface area contributed by atoms with E-state index in [-0.39, 0.29) is 6.04 Å². The molecule has 0 radical (unpaired) electrons. The molecule has 0 aliphatic carbocycles. The molecular weight excluding hydrogens is 206 g/mol. The SMILES string of the molecule is CCCNC(c1cn[nH]c1)c1cccs1. The highest BCUT2D eigenvalue weighted by Crippen LogP contribution is 2.24. The second-order valence-corrected chi connectivity index (χ2v) is 4.41. The van der Waals surface area contributed by atoms with E-state index in [1.165, 1.54) is 10.4 Å². The molecule has 0 aliphatic heterocycles. The molecule has 0 saturated carbocycles. The second-order valence-electron chi connectivity index (χ2n) is 3.43. The maximum atomic E-state index is 4.00. The van der Waals surface area contributed by atoms with Crippen LogP contribution in [-0.2, 0) is 0 Å². The maximum Gasteiger partial charge on any atom is 0.0701 e. The van der Waals surface area contributed by atoms with Gasteiger partial charge in [-0.05, 0) is 24.4 Å². The molecule has 0 aliphatic rings. The van der Waals surface area contributed by atoms with E-state index in [4.69, 9.17) is 0 Å². The first-order chi connectivity index (χ1) is 7.42. The third kappa shape index (κ3) is 2.46. The minimum Gasteiger partial charge on any atom is -0.306 e. The molecule has 0 spiro atoms. The van der Waals surface area contributed by atoms with Crippen LogP contribution < -0.4 is 5.32 Å². The van der Waals surface area contributed by atoms with E-state index < -0.39 is 0 Å². The van der Waals surface area contributed by atoms with Crippen molar-refractivity contribution in [3.8, 4) is 0 Å². The molecule has 2 N–H and O–H groups in total. The number of hydrogen-bond acceptors (Lipinski definition) is 3. The lowest BCUT2D eigenvalue weighted by atomic mass is 10.1. The molecule has 2 aromatic rings. The first-order valence-corrected chi connectivity index (χ1v) is 6.05. The summed E-state index contributed by atoms with van der Waals surface area (Å²) in [5, 5.41) is 12.5. The van der Waals surface area contributed by atoms with Gasteiger partial charge in [0, 0.05) is 16.6 Å². The number of nitrogens with one attached hydrogen (secondary N) is 2. The minimum atomic E-state index is 0.281. The summed E-state index contributed by atoms with van der Waals surface area (Å²) in [6.45, 7) is 3.20. The number of aromatic amines is 1. The van der Waals surface area contributed by atoms with E-state index in [9.17, 15) is 0 Å². The van der Waals surface area contributed by atoms with Crippen LogP contribution in [0.5, 0.6) is 0 Å². The van der Waals surface area contributed by atoms with Crippen molar-refractivity contribution in [2.24, 2.45) is 0 Å². The molecule has 1 atom stereocenters. The summed E-state index contributed by atoms with van der Waals surface area (Å²) in [5.74, 6) is 0. The van der Waals surface area contributed by atoms with Crippen LogP contribution in [0.4, 0.5) is 0 Å². The summed E-state index contributed by atoms with van der Waals surface area (Å²) < 4.78 is 0. The molecule has 0 fully saturated rings. The fraction of sp³-hybridized carbons (Fsp3) is 0.364. The summed E-state index contributed by atoms with van der Waals surface area (Å²) in [6, 6.07) is 4.52. The van der Waals surface area contributed by atoms with E-state index in [1.807, 2.05) is 12.4 Å². The average molecular weight is 221 g/mol. The highest BCUT2D eigenvalue weighted by molar-refractivity contribution is 7.10. The van der Waals surface area contributed by atoms with E-state index in [2.05, 4.69) is 40.0 Å². The number of H-pyrrole nitrogens is 1. The first-order valence-electron chi connectivity index (χ1n) is 5.17. The van der Waals surface area contributed by atoms with Gasteiger partial charge in [0.05, 0.1) is 12.2 Å². The zero-order valence-corrected chi connectivity index (χ0v) is 9.55. The zero-order valence-electron chi connectivity index (χ0n) is 8.73. The molecule has 2 rings (SSSR count). The van der Waals surface area contributed by atoms with Gasteiger partial charge in [0.25, 0.3) is 0 Å². The molecule has 0 bridgehead atoms. The van der Waals surface area contributed by atoms with E-state index in [0.717, 1.165) is 13.0 Å². The van der Waals surface area contributed by atoms with Crippen molar-refractivity contribution < 1.29 is 0 Å². The van der Waals surface area contributed by atoms with E-state index in [0.29, 0.717) is 0 Å². The van der Waals surface area contributed by atoms with Crippen LogP contribution in [0.2, 0.25) is 0 Å². The molecule has 0 aromatic carbocycles. The molecule has 80 valence electrons. The van der Waals surface area contributed by atoms with Gasteiger partial charge in [-0.25, -0.2) is 0 Å². The van der Waals surface area contributed by atoms with Crippen molar-refractivity contribution in [2.75, 3.05) is 6.54 Å². The van der Waals surface area contributed by atoms with Crippen LogP contribution in [-0.4, -0.2) is 16.7 Å². The molecule has 15 heavy (non-hydrogen) atoms. The third-order valence-corrected chi connectivity index (χ3v) is 3.22. The van der Waals surface area contributed by atoms with Gasteiger partial charge in [0.15, 0.2) is 0 Å². The van der Waals surface area contributed by atoms with Crippen LogP contribution >= 0.6 is 11.3 Å². The normalized spacial score (nSPS) is 12.9. The van der Waals surface area contributed by atoms with Crippen molar-refractivity contribution in [3.63, 3.8) is 0 Å². The Kier molecular flexibility index (Phi) is 3.53. The molecule has 0 saturated heterocycles. The van der Waals surface area contributed by atoms with E-state index in [1.54, 1.807) is 11.3 Å². The van der Waals surface area contributed by atoms with Gasteiger partial charge in [-0.15, -0.1) is 11.3 Å². The van der Waals surface area contributed by atoms with Crippen LogP contribution in [0.1, 0.15) is 29.8 Å². The summed E-state index contributed by atoms with van der Waals surface area (Å²) in [7, 11) is 0. The lowest BCUT2D eigenvalue weighted by molar-refractivity contribution is 0.606. The van der Waals surface area contributed by atoms with Crippen molar-refractivity contribution in [2.45, 2.75) is 19.4 Å². The highest BCUT2D eigenvalue weighted by Gasteiger charge is 2.14. The van der Waals surface area contributed by atoms with Crippen LogP contribution in [0.15, 0.2) is 29.9 Å². The molecule has 2 heterocycles. The Bertz CT molecular complexity index is 332. The molecular formula is C11H15N3S. The van der Waals surface area contributed by atoms with Crippen molar-refractivity contribution in [1.82, 2.24) is 15.5 Å². The Labute approximate surface area is 93.5 Å². The predicted molar refractivity (Wildman–Crippen MR) is 63.0 cm³/mol. The maximum absolute atomic E-state index is 4.00. The van der Waals surface area contributed by atoms with Crippen LogP contribution in [0, 0.1) is 0 Å². The summed E-state index contributed by atoms with van der Waals surface area (Å²) in [6.07, 6.45) is 4.97. The molecule has 4 heteroatoms. The van der Waals surface area contributed by atoms with Gasteiger partial charge < -0.3 is 5.32 Å². The number of aromatic nitrogens is 2. The zero-order chi connectivity index (χ0) is 10.5. The van der Waals surface area contributed by atoms with Gasteiger partial charge in [0.1, 0.15) is 0 Å². The minimum absolute atomic E-state index is 0.281. The molecule has 0 amide bonds. The second kappa shape index (κ2) is 5.09. The summed E-state index contributed by atoms with van der Waals surface area (Å²) in [5.41, 5.74) is 1.20. The first kappa shape index (κ1) is 10.4. The lowest BCUT2D eigenvalue weighted by Crippen LogP contribution is -2.21. The highest BCUT2D eigenvalue weighted by atomic mass is 32.1. The quantitative estimate of drug-likeness (QED) is 0.814. The Morgan fingerprint density at radius 2 is 2.53 bits per heavy atom. The number of rotatable bonds is 5. The largest absolute Gasteiger partial charge is 0.306 e. The van der Waals surface area contributed by atoms with Gasteiger partial charge in [-0.3, -0.25) is 5.10 Å². The van der Waals surface area contributed by atoms with Crippen molar-refractivity contribution in [1.29, 1.82) is 0 Å². The number of hydrogen-bond donors (Lipinski definition) is 2. The smallest absolute Gasteiger partial charge is 0.0701 e. The van der Waals surface area contributed by atoms with Crippen LogP contribution in [0.25, 0.3) is 0 Å². The molecule has 2 aromatic heterocycles. The van der Waals surface area contributed by atoms with Crippen molar-refractivity contribution >= 4 is 11.3 Å². The molecule has 1 unspecified atom stereocenters.